The van der Waals surface area contributed by atoms with Crippen LogP contribution in [0.4, 0.5) is 0 Å². The summed E-state index contributed by atoms with van der Waals surface area (Å²) in [6.45, 7) is 15.7. The summed E-state index contributed by atoms with van der Waals surface area (Å²) in [6, 6.07) is 16.4. The highest BCUT2D eigenvalue weighted by atomic mass is 16.5. The summed E-state index contributed by atoms with van der Waals surface area (Å²) in [7, 11) is -10.9. The molecule has 3 aromatic rings. The lowest BCUT2D eigenvalue weighted by Gasteiger charge is -2.47. The minimum Gasteiger partial charge on any atom is -0.493 e. The van der Waals surface area contributed by atoms with Crippen molar-refractivity contribution in [3.63, 3.8) is 0 Å². The lowest BCUT2D eigenvalue weighted by Crippen LogP contribution is -2.48. The van der Waals surface area contributed by atoms with Crippen LogP contribution in [0.1, 0.15) is 95.9 Å². The van der Waals surface area contributed by atoms with Gasteiger partial charge in [-0.1, -0.05) is 41.5 Å². The smallest absolute Gasteiger partial charge is 0.161 e. The second-order valence-electron chi connectivity index (χ2n) is 15.1. The van der Waals surface area contributed by atoms with Crippen LogP contribution in [-0.4, -0.2) is 81.4 Å². The van der Waals surface area contributed by atoms with Crippen LogP contribution in [0.5, 0.6) is 23.0 Å². The van der Waals surface area contributed by atoms with Crippen LogP contribution in [0, 0.1) is 11.8 Å². The number of nitrogens with zero attached hydrogens (tertiary/aromatic N) is 2. The predicted molar refractivity (Wildman–Crippen MR) is 211 cm³/mol. The molecule has 286 valence electrons. The Morgan fingerprint density at radius 3 is 1.74 bits per heavy atom. The molecule has 0 aromatic heterocycles. The third-order valence-electron chi connectivity index (χ3n) is 11.2. The molecule has 1 N–H and O–H groups in total. The van der Waals surface area contributed by atoms with Crippen molar-refractivity contribution in [2.24, 2.45) is 11.8 Å². The molecule has 4 heterocycles. The number of benzene rings is 3. The number of hydrogen-bond acceptors (Lipinski definition) is 8. The van der Waals surface area contributed by atoms with Crippen molar-refractivity contribution in [1.82, 2.24) is 9.80 Å². The summed E-state index contributed by atoms with van der Waals surface area (Å²) >= 11 is 0. The van der Waals surface area contributed by atoms with Crippen molar-refractivity contribution >= 4 is 0 Å². The van der Waals surface area contributed by atoms with Gasteiger partial charge in [-0.25, -0.2) is 0 Å². The van der Waals surface area contributed by atoms with Gasteiger partial charge in [-0.05, 0) is 104 Å². The van der Waals surface area contributed by atoms with E-state index >= 15 is 0 Å². The van der Waals surface area contributed by atoms with E-state index in [0.717, 1.165) is 84.4 Å². The zero-order chi connectivity index (χ0) is 47.6. The third-order valence-corrected chi connectivity index (χ3v) is 11.2. The van der Waals surface area contributed by atoms with E-state index in [9.17, 15) is 5.11 Å². The summed E-state index contributed by atoms with van der Waals surface area (Å²) in [5.74, 6) is 0.00987. The number of ether oxygens (including phenoxy) is 5. The van der Waals surface area contributed by atoms with Crippen LogP contribution in [0.2, 0.25) is 0 Å². The maximum absolute atomic E-state index is 10.7. The summed E-state index contributed by atoms with van der Waals surface area (Å²) in [5.41, 5.74) is 6.86. The molecule has 0 amide bonds. The molecule has 2 saturated heterocycles. The number of hydrogen-bond donors (Lipinski definition) is 1. The van der Waals surface area contributed by atoms with Gasteiger partial charge in [0.2, 0.25) is 0 Å². The molecule has 6 atom stereocenters. The Kier molecular flexibility index (Phi) is 8.63. The summed E-state index contributed by atoms with van der Waals surface area (Å²) in [4.78, 5) is 4.69. The van der Waals surface area contributed by atoms with Gasteiger partial charge in [0.05, 0.1) is 63.4 Å². The molecule has 0 saturated carbocycles. The average molecular weight is 737 g/mol. The van der Waals surface area contributed by atoms with Gasteiger partial charge in [0, 0.05) is 50.1 Å². The molecule has 7 rings (SSSR count). The molecule has 8 heteroatoms. The number of piperidine rings is 2. The molecule has 0 radical (unpaired) electrons. The van der Waals surface area contributed by atoms with Crippen LogP contribution >= 0.6 is 0 Å². The highest BCUT2D eigenvalue weighted by molar-refractivity contribution is 5.50. The SMILES string of the molecule is [2H]C([2H])([2H])Oc1cc2c(cc1OC([2H])([2H])[2H])[C@@H]1C[C@@H](O)[C@@H](CC(=C)C)CN1CC2.[2H]C([2H])([2H])Oc1cc2c(cc1OC([2H])([2H])[2H])[C@@H]1C[C@@H](OCc3ccccc3)[C@@H](CC(=C)C)CN1CC2. The van der Waals surface area contributed by atoms with Crippen molar-refractivity contribution in [1.29, 1.82) is 0 Å². The van der Waals surface area contributed by atoms with E-state index in [-0.39, 0.29) is 47.1 Å². The highest BCUT2D eigenvalue weighted by Gasteiger charge is 2.41. The van der Waals surface area contributed by atoms with E-state index < -0.39 is 34.3 Å². The van der Waals surface area contributed by atoms with Crippen LogP contribution in [0.15, 0.2) is 78.9 Å². The number of aliphatic hydroxyl groups is 1. The Morgan fingerprint density at radius 2 is 1.21 bits per heavy atom. The molecule has 53 heavy (non-hydrogen) atoms. The van der Waals surface area contributed by atoms with Crippen LogP contribution < -0.4 is 18.9 Å². The van der Waals surface area contributed by atoms with E-state index in [0.29, 0.717) is 31.8 Å². The molecule has 8 nitrogen and oxygen atoms in total. The van der Waals surface area contributed by atoms with Gasteiger partial charge >= 0.3 is 0 Å². The summed E-state index contributed by atoms with van der Waals surface area (Å²) < 4.78 is 116. The quantitative estimate of drug-likeness (QED) is 0.198. The molecule has 0 aliphatic carbocycles. The molecular formula is C45H60N2O6. The molecule has 0 unspecified atom stereocenters. The Hall–Kier alpha value is -3.82. The van der Waals surface area contributed by atoms with E-state index in [4.69, 9.17) is 40.1 Å². The minimum atomic E-state index is -2.74. The topological polar surface area (TPSA) is 72.9 Å². The van der Waals surface area contributed by atoms with E-state index in [2.05, 4.69) is 23.0 Å². The van der Waals surface area contributed by atoms with E-state index in [1.165, 1.54) is 0 Å². The fraction of sp³-hybridized carbons (Fsp3) is 0.511. The predicted octanol–water partition coefficient (Wildman–Crippen LogP) is 8.12. The first-order valence-electron chi connectivity index (χ1n) is 24.4. The molecule has 4 aliphatic heterocycles. The standard InChI is InChI=1S/C26H33NO3.C19H27NO3/c1-18(2)12-21-16-27-11-10-20-13-25(28-3)26(29-4)14-22(20)23(27)15-24(21)30-17-19-8-6-5-7-9-19;1-12(2)7-14-11-20-6-5-13-8-18(22-3)19(23-4)9-15(13)16(20)10-17(14)21/h5-9,13-14,21,23-24H,1,10-12,15-17H2,2-4H3;8-9,14,16-17,21H,1,5-7,10-11H2,2-4H3/t21-,23-,24+;14-,16-,17+/m00/s1/i2*3D3,4D3. The molecule has 3 aromatic carbocycles. The summed E-state index contributed by atoms with van der Waals surface area (Å²) in [6.07, 6.45) is 3.73. The first-order chi connectivity index (χ1) is 30.2. The Bertz CT molecular complexity index is 2140. The van der Waals surface area contributed by atoms with Crippen molar-refractivity contribution in [3.05, 3.63) is 107 Å². The number of aliphatic hydroxyl groups excluding tert-OH is 1. The van der Waals surface area contributed by atoms with Crippen LogP contribution in [0.25, 0.3) is 0 Å². The molecular weight excluding hydrogens is 665 g/mol. The van der Waals surface area contributed by atoms with Gasteiger partial charge in [0.15, 0.2) is 23.0 Å². The fourth-order valence-electron chi connectivity index (χ4n) is 8.78. The van der Waals surface area contributed by atoms with Crippen molar-refractivity contribution < 1.29 is 45.2 Å². The van der Waals surface area contributed by atoms with Crippen LogP contribution in [-0.2, 0) is 24.2 Å². The monoisotopic (exact) mass is 737 g/mol. The average Bonchev–Trinajstić information content (AvgIpc) is 3.16. The van der Waals surface area contributed by atoms with Gasteiger partial charge in [-0.2, -0.15) is 0 Å². The first-order valence-corrected chi connectivity index (χ1v) is 18.4. The lowest BCUT2D eigenvalue weighted by atomic mass is 9.79. The third kappa shape index (κ3) is 8.94. The number of fused-ring (bicyclic) bond motifs is 6. The second kappa shape index (κ2) is 17.5. The highest BCUT2D eigenvalue weighted by Crippen LogP contribution is 2.45. The zero-order valence-electron chi connectivity index (χ0n) is 42.7. The number of rotatable bonds is 11. The normalized spacial score (nSPS) is 29.3. The maximum Gasteiger partial charge on any atom is 0.161 e. The van der Waals surface area contributed by atoms with E-state index in [1.54, 1.807) is 24.3 Å². The van der Waals surface area contributed by atoms with Crippen molar-refractivity contribution in [2.45, 2.75) is 83.3 Å². The van der Waals surface area contributed by atoms with E-state index in [1.807, 2.05) is 44.2 Å². The first kappa shape index (κ1) is 26.1. The lowest BCUT2D eigenvalue weighted by molar-refractivity contribution is -0.0656. The minimum absolute atomic E-state index is 0.00309. The van der Waals surface area contributed by atoms with Gasteiger partial charge in [-0.3, -0.25) is 9.80 Å². The number of allylic oxidation sites excluding steroid dienone is 2. The zero-order valence-corrected chi connectivity index (χ0v) is 30.7. The molecule has 0 bridgehead atoms. The second-order valence-corrected chi connectivity index (χ2v) is 15.1. The molecule has 0 spiro atoms. The molecule has 4 aliphatic rings. The number of methoxy groups -OCH3 is 4. The Morgan fingerprint density at radius 1 is 0.717 bits per heavy atom. The Balaban J connectivity index is 0.000000221. The largest absolute Gasteiger partial charge is 0.493 e. The maximum atomic E-state index is 10.7. The van der Waals surface area contributed by atoms with Gasteiger partial charge in [-0.15, -0.1) is 13.2 Å². The van der Waals surface area contributed by atoms with Crippen molar-refractivity contribution in [2.75, 3.05) is 54.3 Å². The van der Waals surface area contributed by atoms with Crippen LogP contribution in [0.3, 0.4) is 0 Å². The van der Waals surface area contributed by atoms with Crippen molar-refractivity contribution in [3.8, 4) is 23.0 Å². The van der Waals surface area contributed by atoms with Gasteiger partial charge < -0.3 is 28.8 Å². The summed E-state index contributed by atoms with van der Waals surface area (Å²) in [5, 5.41) is 10.7. The fourth-order valence-corrected chi connectivity index (χ4v) is 8.78. The molecule has 2 fully saturated rings. The van der Waals surface area contributed by atoms with Gasteiger partial charge in [0.25, 0.3) is 0 Å². The van der Waals surface area contributed by atoms with Gasteiger partial charge in [0.1, 0.15) is 0 Å². The Labute approximate surface area is 334 Å².